The highest BCUT2D eigenvalue weighted by atomic mass is 16.1. The summed E-state index contributed by atoms with van der Waals surface area (Å²) in [4.78, 5) is 11.3. The molecule has 82 valence electrons. The van der Waals surface area contributed by atoms with Crippen LogP contribution in [0, 0.1) is 0 Å². The van der Waals surface area contributed by atoms with Gasteiger partial charge in [0, 0.05) is 12.1 Å². The Balaban J connectivity index is 2.91. The van der Waals surface area contributed by atoms with Gasteiger partial charge in [0.15, 0.2) is 0 Å². The van der Waals surface area contributed by atoms with Crippen LogP contribution in [0.15, 0.2) is 24.3 Å². The Hall–Kier alpha value is -1.31. The van der Waals surface area contributed by atoms with Crippen LogP contribution >= 0.6 is 0 Å². The monoisotopic (exact) mass is 205 g/mol. The van der Waals surface area contributed by atoms with Crippen molar-refractivity contribution < 1.29 is 4.79 Å². The van der Waals surface area contributed by atoms with E-state index >= 15 is 0 Å². The molecule has 0 fully saturated rings. The van der Waals surface area contributed by atoms with Crippen LogP contribution in [0.1, 0.15) is 45.1 Å². The van der Waals surface area contributed by atoms with Gasteiger partial charge in [0.1, 0.15) is 0 Å². The molecule has 0 unspecified atom stereocenters. The van der Waals surface area contributed by atoms with Crippen LogP contribution in [-0.2, 0) is 4.79 Å². The molecule has 0 aliphatic carbocycles. The first-order valence-corrected chi connectivity index (χ1v) is 5.57. The minimum Gasteiger partial charge on any atom is -0.326 e. The fourth-order valence-corrected chi connectivity index (χ4v) is 1.50. The van der Waals surface area contributed by atoms with Gasteiger partial charge in [-0.2, -0.15) is 0 Å². The number of benzene rings is 1. The third-order valence-corrected chi connectivity index (χ3v) is 2.70. The molecule has 1 amide bonds. The average molecular weight is 205 g/mol. The predicted molar refractivity (Wildman–Crippen MR) is 64.1 cm³/mol. The van der Waals surface area contributed by atoms with E-state index in [1.807, 2.05) is 25.1 Å². The van der Waals surface area contributed by atoms with E-state index in [0.29, 0.717) is 12.3 Å². The zero-order chi connectivity index (χ0) is 11.3. The van der Waals surface area contributed by atoms with E-state index < -0.39 is 0 Å². The van der Waals surface area contributed by atoms with Gasteiger partial charge < -0.3 is 5.32 Å². The smallest absolute Gasteiger partial charge is 0.224 e. The number of amides is 1. The molecule has 0 saturated carbocycles. The topological polar surface area (TPSA) is 29.1 Å². The molecule has 0 saturated heterocycles. The van der Waals surface area contributed by atoms with Gasteiger partial charge in [0.25, 0.3) is 0 Å². The molecule has 1 rings (SSSR count). The molecule has 0 aliphatic rings. The van der Waals surface area contributed by atoms with E-state index in [0.717, 1.165) is 12.1 Å². The first-order chi connectivity index (χ1) is 7.19. The van der Waals surface area contributed by atoms with E-state index in [1.165, 1.54) is 5.56 Å². The number of anilines is 1. The van der Waals surface area contributed by atoms with Gasteiger partial charge in [-0.15, -0.1) is 0 Å². The van der Waals surface area contributed by atoms with Gasteiger partial charge in [-0.25, -0.2) is 0 Å². The number of rotatable bonds is 4. The quantitative estimate of drug-likeness (QED) is 0.800. The Labute approximate surface area is 91.7 Å². The van der Waals surface area contributed by atoms with Gasteiger partial charge >= 0.3 is 0 Å². The minimum atomic E-state index is 0.0748. The molecule has 15 heavy (non-hydrogen) atoms. The van der Waals surface area contributed by atoms with Crippen LogP contribution in [0.4, 0.5) is 5.69 Å². The summed E-state index contributed by atoms with van der Waals surface area (Å²) in [6.07, 6.45) is 1.61. The molecule has 0 radical (unpaired) electrons. The SMILES string of the molecule is CCC(=O)Nc1ccccc1[C@@H](C)CC. The van der Waals surface area contributed by atoms with Crippen molar-refractivity contribution in [3.05, 3.63) is 29.8 Å². The highest BCUT2D eigenvalue weighted by molar-refractivity contribution is 5.91. The van der Waals surface area contributed by atoms with Crippen LogP contribution in [0.5, 0.6) is 0 Å². The molecule has 0 bridgehead atoms. The molecular weight excluding hydrogens is 186 g/mol. The molecule has 0 heterocycles. The summed E-state index contributed by atoms with van der Waals surface area (Å²) in [6, 6.07) is 8.02. The van der Waals surface area contributed by atoms with Crippen molar-refractivity contribution in [3.63, 3.8) is 0 Å². The van der Waals surface area contributed by atoms with Crippen molar-refractivity contribution >= 4 is 11.6 Å². The second-order valence-corrected chi connectivity index (χ2v) is 3.80. The molecule has 1 atom stereocenters. The fourth-order valence-electron chi connectivity index (χ4n) is 1.50. The molecule has 1 N–H and O–H groups in total. The number of carbonyl (C=O) groups excluding carboxylic acids is 1. The first kappa shape index (κ1) is 11.8. The van der Waals surface area contributed by atoms with Crippen molar-refractivity contribution in [2.75, 3.05) is 5.32 Å². The Morgan fingerprint density at radius 1 is 1.33 bits per heavy atom. The fraction of sp³-hybridized carbons (Fsp3) is 0.462. The Morgan fingerprint density at radius 3 is 2.60 bits per heavy atom. The lowest BCUT2D eigenvalue weighted by atomic mass is 9.97. The lowest BCUT2D eigenvalue weighted by Crippen LogP contribution is -2.11. The maximum Gasteiger partial charge on any atom is 0.224 e. The van der Waals surface area contributed by atoms with Crippen LogP contribution in [0.2, 0.25) is 0 Å². The van der Waals surface area contributed by atoms with Crippen molar-refractivity contribution in [3.8, 4) is 0 Å². The van der Waals surface area contributed by atoms with Crippen molar-refractivity contribution in [1.82, 2.24) is 0 Å². The summed E-state index contributed by atoms with van der Waals surface area (Å²) >= 11 is 0. The normalized spacial score (nSPS) is 12.2. The molecule has 0 spiro atoms. The molecule has 0 aromatic heterocycles. The lowest BCUT2D eigenvalue weighted by molar-refractivity contribution is -0.115. The molecule has 2 nitrogen and oxygen atoms in total. The van der Waals surface area contributed by atoms with Crippen molar-refractivity contribution in [2.24, 2.45) is 0 Å². The highest BCUT2D eigenvalue weighted by Gasteiger charge is 2.09. The minimum absolute atomic E-state index is 0.0748. The zero-order valence-electron chi connectivity index (χ0n) is 9.71. The molecule has 1 aromatic rings. The third kappa shape index (κ3) is 3.08. The molecule has 1 aromatic carbocycles. The molecule has 0 aliphatic heterocycles. The average Bonchev–Trinajstić information content (AvgIpc) is 2.28. The Bertz CT molecular complexity index is 333. The number of hydrogen-bond acceptors (Lipinski definition) is 1. The van der Waals surface area contributed by atoms with Gasteiger partial charge in [-0.05, 0) is 24.0 Å². The second-order valence-electron chi connectivity index (χ2n) is 3.80. The maximum atomic E-state index is 11.3. The largest absolute Gasteiger partial charge is 0.326 e. The van der Waals surface area contributed by atoms with Gasteiger partial charge in [0.05, 0.1) is 0 Å². The van der Waals surface area contributed by atoms with E-state index in [2.05, 4.69) is 25.2 Å². The Kier molecular flexibility index (Phi) is 4.35. The van der Waals surface area contributed by atoms with Gasteiger partial charge in [-0.1, -0.05) is 39.0 Å². The number of carbonyl (C=O) groups is 1. The van der Waals surface area contributed by atoms with Crippen LogP contribution in [0.25, 0.3) is 0 Å². The summed E-state index contributed by atoms with van der Waals surface area (Å²) in [5, 5.41) is 2.94. The van der Waals surface area contributed by atoms with E-state index in [9.17, 15) is 4.79 Å². The second kappa shape index (κ2) is 5.54. The van der Waals surface area contributed by atoms with Crippen molar-refractivity contribution in [2.45, 2.75) is 39.5 Å². The molecule has 2 heteroatoms. The van der Waals surface area contributed by atoms with E-state index in [4.69, 9.17) is 0 Å². The number of hydrogen-bond donors (Lipinski definition) is 1. The number of para-hydroxylation sites is 1. The summed E-state index contributed by atoms with van der Waals surface area (Å²) < 4.78 is 0. The summed E-state index contributed by atoms with van der Waals surface area (Å²) in [7, 11) is 0. The maximum absolute atomic E-state index is 11.3. The predicted octanol–water partition coefficient (Wildman–Crippen LogP) is 3.55. The van der Waals surface area contributed by atoms with Crippen LogP contribution in [-0.4, -0.2) is 5.91 Å². The van der Waals surface area contributed by atoms with E-state index in [1.54, 1.807) is 0 Å². The van der Waals surface area contributed by atoms with Crippen LogP contribution in [0.3, 0.4) is 0 Å². The van der Waals surface area contributed by atoms with E-state index in [-0.39, 0.29) is 5.91 Å². The summed E-state index contributed by atoms with van der Waals surface area (Å²) in [5.74, 6) is 0.559. The summed E-state index contributed by atoms with van der Waals surface area (Å²) in [5.41, 5.74) is 2.18. The lowest BCUT2D eigenvalue weighted by Gasteiger charge is -2.15. The van der Waals surface area contributed by atoms with Gasteiger partial charge in [-0.3, -0.25) is 4.79 Å². The Morgan fingerprint density at radius 2 is 2.00 bits per heavy atom. The standard InChI is InChI=1S/C13H19NO/c1-4-10(3)11-8-6-7-9-12(11)14-13(15)5-2/h6-10H,4-5H2,1-3H3,(H,14,15)/t10-/m0/s1. The molecular formula is C13H19NO. The highest BCUT2D eigenvalue weighted by Crippen LogP contribution is 2.26. The zero-order valence-corrected chi connectivity index (χ0v) is 9.71. The van der Waals surface area contributed by atoms with Crippen LogP contribution < -0.4 is 5.32 Å². The number of nitrogens with one attached hydrogen (secondary N) is 1. The first-order valence-electron chi connectivity index (χ1n) is 5.57. The van der Waals surface area contributed by atoms with Gasteiger partial charge in [0.2, 0.25) is 5.91 Å². The summed E-state index contributed by atoms with van der Waals surface area (Å²) in [6.45, 7) is 6.20. The third-order valence-electron chi connectivity index (χ3n) is 2.70. The van der Waals surface area contributed by atoms with Crippen molar-refractivity contribution in [1.29, 1.82) is 0 Å².